The second-order valence-corrected chi connectivity index (χ2v) is 10.2. The lowest BCUT2D eigenvalue weighted by atomic mass is 10.2. The molecule has 0 aliphatic rings. The smallest absolute Gasteiger partial charge is 0.243 e. The number of rotatable bonds is 9. The molecule has 1 atom stereocenters. The van der Waals surface area contributed by atoms with Gasteiger partial charge in [0.05, 0.1) is 22.0 Å². The Morgan fingerprint density at radius 2 is 1.83 bits per heavy atom. The lowest BCUT2D eigenvalue weighted by Gasteiger charge is -2.28. The Morgan fingerprint density at radius 3 is 2.43 bits per heavy atom. The van der Waals surface area contributed by atoms with Crippen LogP contribution < -0.4 is 9.62 Å². The van der Waals surface area contributed by atoms with Crippen LogP contribution in [-0.2, 0) is 20.6 Å². The van der Waals surface area contributed by atoms with E-state index in [0.717, 1.165) is 34.3 Å². The van der Waals surface area contributed by atoms with E-state index < -0.39 is 33.6 Å². The van der Waals surface area contributed by atoms with Crippen LogP contribution in [0.2, 0.25) is 10.0 Å². The fourth-order valence-electron chi connectivity index (χ4n) is 2.64. The number of hydrogen-bond acceptors (Lipinski definition) is 4. The van der Waals surface area contributed by atoms with Crippen molar-refractivity contribution in [2.75, 3.05) is 22.9 Å². The Labute approximate surface area is 188 Å². The quantitative estimate of drug-likeness (QED) is 0.519. The van der Waals surface area contributed by atoms with Crippen molar-refractivity contribution in [3.63, 3.8) is 0 Å². The third-order valence-electron chi connectivity index (χ3n) is 4.04. The van der Waals surface area contributed by atoms with Gasteiger partial charge in [-0.3, -0.25) is 9.10 Å². The highest BCUT2D eigenvalue weighted by Crippen LogP contribution is 2.25. The van der Waals surface area contributed by atoms with Gasteiger partial charge in [-0.05, 0) is 36.8 Å². The Balaban J connectivity index is 1.93. The van der Waals surface area contributed by atoms with Gasteiger partial charge >= 0.3 is 0 Å². The first kappa shape index (κ1) is 24.7. The van der Waals surface area contributed by atoms with Crippen LogP contribution in [0.3, 0.4) is 0 Å². The van der Waals surface area contributed by atoms with Crippen molar-refractivity contribution in [2.24, 2.45) is 0 Å². The summed E-state index contributed by atoms with van der Waals surface area (Å²) in [4.78, 5) is 12.4. The van der Waals surface area contributed by atoms with Gasteiger partial charge in [0.2, 0.25) is 15.9 Å². The summed E-state index contributed by atoms with van der Waals surface area (Å²) in [5.41, 5.74) is 0.851. The Bertz CT molecular complexity index is 1020. The summed E-state index contributed by atoms with van der Waals surface area (Å²) in [7, 11) is -3.92. The molecule has 0 aliphatic carbocycles. The molecular formula is C19H20Cl2F2N2O3S2. The van der Waals surface area contributed by atoms with Gasteiger partial charge < -0.3 is 5.32 Å². The summed E-state index contributed by atoms with van der Waals surface area (Å²) in [5.74, 6) is -1.63. The number of benzene rings is 2. The number of sulfonamides is 1. The molecule has 0 unspecified atom stereocenters. The van der Waals surface area contributed by atoms with E-state index >= 15 is 0 Å². The van der Waals surface area contributed by atoms with Crippen molar-refractivity contribution in [1.29, 1.82) is 0 Å². The minimum absolute atomic E-state index is 0.131. The van der Waals surface area contributed by atoms with Gasteiger partial charge in [-0.2, -0.15) is 11.8 Å². The van der Waals surface area contributed by atoms with E-state index in [9.17, 15) is 22.0 Å². The molecule has 30 heavy (non-hydrogen) atoms. The standard InChI is InChI=1S/C19H20Cl2F2N2O3S2/c1-12(25(30(2,27)28)14-4-6-17(22)18(23)10-14)19(26)24-7-8-29-11-13-3-5-15(20)16(21)9-13/h3-6,9-10,12H,7-8,11H2,1-2H3,(H,24,26)/t12-/m0/s1. The monoisotopic (exact) mass is 496 g/mol. The Kier molecular flexibility index (Phi) is 8.78. The third kappa shape index (κ3) is 6.73. The number of amides is 1. The molecule has 2 aromatic carbocycles. The Hall–Kier alpha value is -1.55. The van der Waals surface area contributed by atoms with Crippen LogP contribution >= 0.6 is 35.0 Å². The first-order valence-corrected chi connectivity index (χ1v) is 12.5. The number of nitrogens with zero attached hydrogens (tertiary/aromatic N) is 1. The normalized spacial score (nSPS) is 12.5. The van der Waals surface area contributed by atoms with E-state index in [4.69, 9.17) is 23.2 Å². The lowest BCUT2D eigenvalue weighted by Crippen LogP contribution is -2.48. The van der Waals surface area contributed by atoms with Gasteiger partial charge in [0, 0.05) is 24.1 Å². The van der Waals surface area contributed by atoms with Crippen molar-refractivity contribution < 1.29 is 22.0 Å². The SMILES string of the molecule is C[C@@H](C(=O)NCCSCc1ccc(Cl)c(Cl)c1)N(c1ccc(F)c(F)c1)S(C)(=O)=O. The molecular weight excluding hydrogens is 477 g/mol. The van der Waals surface area contributed by atoms with Crippen molar-refractivity contribution in [1.82, 2.24) is 5.32 Å². The molecule has 5 nitrogen and oxygen atoms in total. The molecule has 0 spiro atoms. The van der Waals surface area contributed by atoms with E-state index in [1.54, 1.807) is 23.9 Å². The highest BCUT2D eigenvalue weighted by atomic mass is 35.5. The van der Waals surface area contributed by atoms with E-state index in [2.05, 4.69) is 5.32 Å². The van der Waals surface area contributed by atoms with Crippen molar-refractivity contribution in [3.05, 3.63) is 63.6 Å². The maximum Gasteiger partial charge on any atom is 0.243 e. The summed E-state index contributed by atoms with van der Waals surface area (Å²) < 4.78 is 51.8. The zero-order valence-corrected chi connectivity index (χ0v) is 19.3. The summed E-state index contributed by atoms with van der Waals surface area (Å²) in [5, 5.41) is 3.60. The molecule has 0 heterocycles. The molecule has 0 fully saturated rings. The number of nitrogens with one attached hydrogen (secondary N) is 1. The average molecular weight is 497 g/mol. The fourth-order valence-corrected chi connectivity index (χ4v) is 4.94. The van der Waals surface area contributed by atoms with Crippen molar-refractivity contribution in [2.45, 2.75) is 18.7 Å². The first-order chi connectivity index (χ1) is 14.0. The van der Waals surface area contributed by atoms with Crippen LogP contribution in [0.25, 0.3) is 0 Å². The molecule has 2 rings (SSSR count). The minimum Gasteiger partial charge on any atom is -0.353 e. The fraction of sp³-hybridized carbons (Fsp3) is 0.316. The molecule has 164 valence electrons. The topological polar surface area (TPSA) is 66.5 Å². The second kappa shape index (κ2) is 10.7. The van der Waals surface area contributed by atoms with Gasteiger partial charge in [0.15, 0.2) is 11.6 Å². The molecule has 0 aromatic heterocycles. The average Bonchev–Trinajstić information content (AvgIpc) is 2.66. The predicted molar refractivity (Wildman–Crippen MR) is 119 cm³/mol. The molecule has 0 radical (unpaired) electrons. The highest BCUT2D eigenvalue weighted by Gasteiger charge is 2.29. The van der Waals surface area contributed by atoms with E-state index in [1.807, 2.05) is 6.07 Å². The van der Waals surface area contributed by atoms with Crippen LogP contribution in [0.1, 0.15) is 12.5 Å². The van der Waals surface area contributed by atoms with E-state index in [-0.39, 0.29) is 5.69 Å². The number of carbonyl (C=O) groups is 1. The molecule has 1 amide bonds. The maximum absolute atomic E-state index is 13.6. The van der Waals surface area contributed by atoms with Gasteiger partial charge in [-0.25, -0.2) is 17.2 Å². The third-order valence-corrected chi connectivity index (χ3v) is 7.06. The predicted octanol–water partition coefficient (Wildman–Crippen LogP) is 4.48. The van der Waals surface area contributed by atoms with Crippen LogP contribution in [0.15, 0.2) is 36.4 Å². The number of anilines is 1. The molecule has 0 bridgehead atoms. The number of hydrogen-bond donors (Lipinski definition) is 1. The zero-order chi connectivity index (χ0) is 22.5. The molecule has 0 saturated heterocycles. The summed E-state index contributed by atoms with van der Waals surface area (Å²) in [6.45, 7) is 1.67. The number of thioether (sulfide) groups is 1. The largest absolute Gasteiger partial charge is 0.353 e. The van der Waals surface area contributed by atoms with Gasteiger partial charge in [0.25, 0.3) is 0 Å². The summed E-state index contributed by atoms with van der Waals surface area (Å²) in [6, 6.07) is 6.85. The summed E-state index contributed by atoms with van der Waals surface area (Å²) in [6.07, 6.45) is 0.894. The van der Waals surface area contributed by atoms with Gasteiger partial charge in [0.1, 0.15) is 6.04 Å². The molecule has 1 N–H and O–H groups in total. The number of carbonyl (C=O) groups excluding carboxylic acids is 1. The molecule has 11 heteroatoms. The highest BCUT2D eigenvalue weighted by molar-refractivity contribution is 7.98. The molecule has 2 aromatic rings. The van der Waals surface area contributed by atoms with E-state index in [0.29, 0.717) is 28.1 Å². The summed E-state index contributed by atoms with van der Waals surface area (Å²) >= 11 is 13.4. The first-order valence-electron chi connectivity index (χ1n) is 8.74. The van der Waals surface area contributed by atoms with Gasteiger partial charge in [-0.15, -0.1) is 0 Å². The maximum atomic E-state index is 13.6. The van der Waals surface area contributed by atoms with Crippen LogP contribution in [0, 0.1) is 11.6 Å². The van der Waals surface area contributed by atoms with Gasteiger partial charge in [-0.1, -0.05) is 29.3 Å². The Morgan fingerprint density at radius 1 is 1.13 bits per heavy atom. The van der Waals surface area contributed by atoms with Crippen LogP contribution in [-0.4, -0.2) is 38.9 Å². The molecule has 0 saturated carbocycles. The second-order valence-electron chi connectivity index (χ2n) is 6.43. The lowest BCUT2D eigenvalue weighted by molar-refractivity contribution is -0.121. The zero-order valence-electron chi connectivity index (χ0n) is 16.2. The van der Waals surface area contributed by atoms with Crippen molar-refractivity contribution in [3.8, 4) is 0 Å². The van der Waals surface area contributed by atoms with E-state index in [1.165, 1.54) is 6.92 Å². The van der Waals surface area contributed by atoms with Crippen LogP contribution in [0.5, 0.6) is 0 Å². The minimum atomic E-state index is -3.92. The number of halogens is 4. The van der Waals surface area contributed by atoms with Crippen molar-refractivity contribution >= 4 is 56.6 Å². The van der Waals surface area contributed by atoms with Crippen LogP contribution in [0.4, 0.5) is 14.5 Å². The molecule has 0 aliphatic heterocycles.